The van der Waals surface area contributed by atoms with E-state index in [1.54, 1.807) is 6.20 Å². The summed E-state index contributed by atoms with van der Waals surface area (Å²) in [6.07, 6.45) is 1.67. The molecule has 1 heterocycles. The molecule has 1 unspecified atom stereocenters. The van der Waals surface area contributed by atoms with Crippen LogP contribution >= 0.6 is 0 Å². The van der Waals surface area contributed by atoms with Crippen molar-refractivity contribution in [3.05, 3.63) is 82.1 Å². The van der Waals surface area contributed by atoms with Gasteiger partial charge in [0, 0.05) is 17.6 Å². The number of aromatic nitrogens is 1. The topological polar surface area (TPSA) is 51.1 Å². The largest absolute Gasteiger partial charge is 0.348 e. The first-order valence-electron chi connectivity index (χ1n) is 7.99. The molecule has 1 N–H and O–H groups in total. The van der Waals surface area contributed by atoms with Gasteiger partial charge < -0.3 is 9.88 Å². The number of hydrogen-bond donors (Lipinski definition) is 1. The highest BCUT2D eigenvalue weighted by atomic mass is 16.2. The SMILES string of the molecule is Cc1ccc2c(c1)c(=O)ccn2CC(=O)NC(C)c1ccccc1. The third kappa shape index (κ3) is 3.38. The van der Waals surface area contributed by atoms with E-state index < -0.39 is 0 Å². The molecule has 0 radical (unpaired) electrons. The molecule has 0 aliphatic rings. The molecule has 2 aromatic carbocycles. The van der Waals surface area contributed by atoms with E-state index in [1.807, 2.05) is 66.9 Å². The Labute approximate surface area is 140 Å². The predicted molar refractivity (Wildman–Crippen MR) is 95.9 cm³/mol. The van der Waals surface area contributed by atoms with Crippen LogP contribution in [-0.4, -0.2) is 10.5 Å². The van der Waals surface area contributed by atoms with Crippen LogP contribution in [0.4, 0.5) is 0 Å². The standard InChI is InChI=1S/C20H20N2O2/c1-14-8-9-18-17(12-14)19(23)10-11-22(18)13-20(24)21-15(2)16-6-4-3-5-7-16/h3-12,15H,13H2,1-2H3,(H,21,24). The lowest BCUT2D eigenvalue weighted by molar-refractivity contribution is -0.122. The van der Waals surface area contributed by atoms with Crippen LogP contribution in [-0.2, 0) is 11.3 Å². The molecule has 1 aromatic heterocycles. The molecule has 1 amide bonds. The Bertz CT molecular complexity index is 929. The zero-order valence-corrected chi connectivity index (χ0v) is 13.8. The third-order valence-electron chi connectivity index (χ3n) is 4.12. The molecule has 1 atom stereocenters. The highest BCUT2D eigenvalue weighted by Crippen LogP contribution is 2.14. The Balaban J connectivity index is 1.81. The Morgan fingerprint density at radius 1 is 1.12 bits per heavy atom. The minimum Gasteiger partial charge on any atom is -0.348 e. The Kier molecular flexibility index (Phi) is 4.47. The number of fused-ring (bicyclic) bond motifs is 1. The van der Waals surface area contributed by atoms with E-state index in [1.165, 1.54) is 6.07 Å². The monoisotopic (exact) mass is 320 g/mol. The highest BCUT2D eigenvalue weighted by Gasteiger charge is 2.11. The summed E-state index contributed by atoms with van der Waals surface area (Å²) in [6, 6.07) is 17.0. The van der Waals surface area contributed by atoms with Gasteiger partial charge in [-0.25, -0.2) is 0 Å². The summed E-state index contributed by atoms with van der Waals surface area (Å²) in [6.45, 7) is 4.08. The molecule has 4 nitrogen and oxygen atoms in total. The van der Waals surface area contributed by atoms with Gasteiger partial charge in [-0.2, -0.15) is 0 Å². The van der Waals surface area contributed by atoms with E-state index in [0.717, 1.165) is 16.6 Å². The second-order valence-electron chi connectivity index (χ2n) is 6.03. The lowest BCUT2D eigenvalue weighted by atomic mass is 10.1. The van der Waals surface area contributed by atoms with Gasteiger partial charge in [0.05, 0.1) is 11.6 Å². The van der Waals surface area contributed by atoms with E-state index in [-0.39, 0.29) is 23.9 Å². The van der Waals surface area contributed by atoms with Gasteiger partial charge in [0.1, 0.15) is 6.54 Å². The minimum atomic E-state index is -0.0862. The van der Waals surface area contributed by atoms with Crippen LogP contribution in [0.25, 0.3) is 10.9 Å². The van der Waals surface area contributed by atoms with Gasteiger partial charge in [-0.15, -0.1) is 0 Å². The smallest absolute Gasteiger partial charge is 0.240 e. The first-order valence-corrected chi connectivity index (χ1v) is 7.99. The number of carbonyl (C=O) groups excluding carboxylic acids is 1. The molecule has 3 rings (SSSR count). The number of pyridine rings is 1. The Morgan fingerprint density at radius 3 is 2.62 bits per heavy atom. The van der Waals surface area contributed by atoms with Crippen molar-refractivity contribution in [2.45, 2.75) is 26.4 Å². The molecule has 3 aromatic rings. The summed E-state index contributed by atoms with van der Waals surface area (Å²) in [4.78, 5) is 24.4. The van der Waals surface area contributed by atoms with Crippen molar-refractivity contribution in [1.29, 1.82) is 0 Å². The third-order valence-corrected chi connectivity index (χ3v) is 4.12. The zero-order valence-electron chi connectivity index (χ0n) is 13.8. The lowest BCUT2D eigenvalue weighted by Crippen LogP contribution is -2.30. The summed E-state index contributed by atoms with van der Waals surface area (Å²) in [5.74, 6) is -0.0862. The first-order chi connectivity index (χ1) is 11.5. The molecule has 0 aliphatic heterocycles. The van der Waals surface area contributed by atoms with Crippen molar-refractivity contribution < 1.29 is 4.79 Å². The normalized spacial score (nSPS) is 12.1. The zero-order chi connectivity index (χ0) is 17.1. The van der Waals surface area contributed by atoms with Gasteiger partial charge in [0.15, 0.2) is 5.43 Å². The van der Waals surface area contributed by atoms with Crippen LogP contribution in [0.15, 0.2) is 65.6 Å². The molecule has 0 fully saturated rings. The van der Waals surface area contributed by atoms with Gasteiger partial charge >= 0.3 is 0 Å². The summed E-state index contributed by atoms with van der Waals surface area (Å²) in [7, 11) is 0. The van der Waals surface area contributed by atoms with Crippen LogP contribution < -0.4 is 10.7 Å². The van der Waals surface area contributed by atoms with Crippen LogP contribution in [0.3, 0.4) is 0 Å². The number of benzene rings is 2. The lowest BCUT2D eigenvalue weighted by Gasteiger charge is -2.16. The van der Waals surface area contributed by atoms with E-state index in [9.17, 15) is 9.59 Å². The van der Waals surface area contributed by atoms with Crippen molar-refractivity contribution in [3.63, 3.8) is 0 Å². The van der Waals surface area contributed by atoms with Crippen molar-refractivity contribution >= 4 is 16.8 Å². The molecule has 0 aliphatic carbocycles. The van der Waals surface area contributed by atoms with Crippen molar-refractivity contribution in [2.75, 3.05) is 0 Å². The minimum absolute atomic E-state index is 0.0250. The first kappa shape index (κ1) is 16.0. The fraction of sp³-hybridized carbons (Fsp3) is 0.200. The molecule has 122 valence electrons. The number of rotatable bonds is 4. The van der Waals surface area contributed by atoms with Crippen LogP contribution in [0.2, 0.25) is 0 Å². The van der Waals surface area contributed by atoms with Gasteiger partial charge in [0.25, 0.3) is 0 Å². The molecule has 4 heteroatoms. The molecule has 0 spiro atoms. The maximum Gasteiger partial charge on any atom is 0.240 e. The Morgan fingerprint density at radius 2 is 1.88 bits per heavy atom. The molecule has 0 saturated heterocycles. The van der Waals surface area contributed by atoms with Gasteiger partial charge in [0.2, 0.25) is 5.91 Å². The summed E-state index contributed by atoms with van der Waals surface area (Å²) < 4.78 is 1.81. The van der Waals surface area contributed by atoms with Gasteiger partial charge in [-0.05, 0) is 31.5 Å². The fourth-order valence-corrected chi connectivity index (χ4v) is 2.83. The van der Waals surface area contributed by atoms with E-state index in [4.69, 9.17) is 0 Å². The maximum atomic E-state index is 12.4. The van der Waals surface area contributed by atoms with Crippen molar-refractivity contribution in [3.8, 4) is 0 Å². The predicted octanol–water partition coefficient (Wildman–Crippen LogP) is 3.19. The number of nitrogens with zero attached hydrogens (tertiary/aromatic N) is 1. The number of nitrogens with one attached hydrogen (secondary N) is 1. The molecular formula is C20H20N2O2. The number of hydrogen-bond acceptors (Lipinski definition) is 2. The fourth-order valence-electron chi connectivity index (χ4n) is 2.83. The molecule has 0 bridgehead atoms. The molecular weight excluding hydrogens is 300 g/mol. The number of carbonyl (C=O) groups is 1. The number of amides is 1. The maximum absolute atomic E-state index is 12.4. The van der Waals surface area contributed by atoms with Gasteiger partial charge in [-0.3, -0.25) is 9.59 Å². The quantitative estimate of drug-likeness (QED) is 0.802. The van der Waals surface area contributed by atoms with Crippen LogP contribution in [0, 0.1) is 6.92 Å². The van der Waals surface area contributed by atoms with Crippen LogP contribution in [0.1, 0.15) is 24.1 Å². The van der Waals surface area contributed by atoms with E-state index >= 15 is 0 Å². The summed E-state index contributed by atoms with van der Waals surface area (Å²) >= 11 is 0. The second kappa shape index (κ2) is 6.71. The highest BCUT2D eigenvalue weighted by molar-refractivity contribution is 5.82. The van der Waals surface area contributed by atoms with E-state index in [2.05, 4.69) is 5.32 Å². The number of aryl methyl sites for hydroxylation is 1. The van der Waals surface area contributed by atoms with E-state index in [0.29, 0.717) is 5.39 Å². The average Bonchev–Trinajstić information content (AvgIpc) is 2.58. The van der Waals surface area contributed by atoms with Crippen LogP contribution in [0.5, 0.6) is 0 Å². The molecule has 0 saturated carbocycles. The average molecular weight is 320 g/mol. The van der Waals surface area contributed by atoms with Crippen molar-refractivity contribution in [2.24, 2.45) is 0 Å². The molecule has 24 heavy (non-hydrogen) atoms. The summed E-state index contributed by atoms with van der Waals surface area (Å²) in [5.41, 5.74) is 2.84. The van der Waals surface area contributed by atoms with Crippen molar-refractivity contribution in [1.82, 2.24) is 9.88 Å². The second-order valence-corrected chi connectivity index (χ2v) is 6.03. The van der Waals surface area contributed by atoms with Gasteiger partial charge in [-0.1, -0.05) is 42.0 Å². The Hall–Kier alpha value is -2.88. The summed E-state index contributed by atoms with van der Waals surface area (Å²) in [5, 5.41) is 3.64.